The van der Waals surface area contributed by atoms with Gasteiger partial charge < -0.3 is 4.74 Å². The molecule has 4 heteroatoms. The maximum Gasteiger partial charge on any atom is 0.352 e. The molecule has 0 spiro atoms. The Bertz CT molecular complexity index is 522. The number of benzene rings is 1. The minimum atomic E-state index is -0.567. The Morgan fingerprint density at radius 2 is 1.70 bits per heavy atom. The quantitative estimate of drug-likeness (QED) is 0.626. The monoisotopic (exact) mass is 275 g/mol. The van der Waals surface area contributed by atoms with Gasteiger partial charge in [0.05, 0.1) is 19.2 Å². The number of aliphatic imine (C=N–C) groups is 1. The number of esters is 1. The van der Waals surface area contributed by atoms with Gasteiger partial charge in [-0.3, -0.25) is 4.79 Å². The molecule has 0 heterocycles. The van der Waals surface area contributed by atoms with E-state index in [1.165, 1.54) is 7.11 Å². The number of hydrogen-bond donors (Lipinski definition) is 0. The molecule has 20 heavy (non-hydrogen) atoms. The normalized spacial score (nSPS) is 12.2. The zero-order valence-corrected chi connectivity index (χ0v) is 12.7. The van der Waals surface area contributed by atoms with Gasteiger partial charge in [0.25, 0.3) is 0 Å². The highest BCUT2D eigenvalue weighted by atomic mass is 16.5. The van der Waals surface area contributed by atoms with Crippen LogP contribution in [0.1, 0.15) is 32.8 Å². The Morgan fingerprint density at radius 1 is 1.15 bits per heavy atom. The maximum atomic E-state index is 12.1. The highest BCUT2D eigenvalue weighted by Gasteiger charge is 2.25. The molecule has 0 aliphatic heterocycles. The van der Waals surface area contributed by atoms with Gasteiger partial charge in [0.15, 0.2) is 0 Å². The van der Waals surface area contributed by atoms with E-state index >= 15 is 0 Å². The molecule has 0 atom stereocenters. The van der Waals surface area contributed by atoms with Crippen molar-refractivity contribution in [2.75, 3.05) is 7.11 Å². The summed E-state index contributed by atoms with van der Waals surface area (Å²) in [6.45, 7) is 7.42. The van der Waals surface area contributed by atoms with Crippen LogP contribution in [0.15, 0.2) is 29.3 Å². The van der Waals surface area contributed by atoms with Crippen LogP contribution in [-0.4, -0.2) is 24.6 Å². The van der Waals surface area contributed by atoms with Gasteiger partial charge in [0, 0.05) is 5.41 Å². The van der Waals surface area contributed by atoms with Gasteiger partial charge in [-0.1, -0.05) is 38.5 Å². The molecule has 0 fully saturated rings. The lowest BCUT2D eigenvalue weighted by atomic mass is 9.88. The molecule has 4 nitrogen and oxygen atoms in total. The first-order chi connectivity index (χ1) is 9.24. The average molecular weight is 275 g/mol. The number of methoxy groups -OCH3 is 1. The Kier molecular flexibility index (Phi) is 5.19. The Labute approximate surface area is 119 Å². The van der Waals surface area contributed by atoms with Gasteiger partial charge in [-0.05, 0) is 19.1 Å². The third-order valence-corrected chi connectivity index (χ3v) is 2.88. The van der Waals surface area contributed by atoms with E-state index in [1.807, 2.05) is 39.8 Å². The van der Waals surface area contributed by atoms with Crippen LogP contribution in [0.2, 0.25) is 0 Å². The van der Waals surface area contributed by atoms with Crippen LogP contribution < -0.4 is 0 Å². The SMILES string of the molecule is COC(=O)C(CC(=O)C(C)(C)C)=Nc1ccc(C)cc1. The standard InChI is InChI=1S/C16H21NO3/c1-11-6-8-12(9-7-11)17-13(15(19)20-5)10-14(18)16(2,3)4/h6-9H,10H2,1-5H3. The summed E-state index contributed by atoms with van der Waals surface area (Å²) in [5, 5.41) is 0. The summed E-state index contributed by atoms with van der Waals surface area (Å²) in [5.41, 5.74) is 1.37. The molecule has 0 amide bonds. The molecule has 0 unspecified atom stereocenters. The molecule has 0 bridgehead atoms. The number of nitrogens with zero attached hydrogens (tertiary/aromatic N) is 1. The molecule has 0 aliphatic rings. The predicted molar refractivity (Wildman–Crippen MR) is 79.4 cm³/mol. The second-order valence-electron chi connectivity index (χ2n) is 5.74. The summed E-state index contributed by atoms with van der Waals surface area (Å²) in [5.74, 6) is -0.614. The van der Waals surface area contributed by atoms with Gasteiger partial charge in [-0.25, -0.2) is 9.79 Å². The minimum absolute atomic E-state index is 0.0238. The van der Waals surface area contributed by atoms with Gasteiger partial charge in [0.1, 0.15) is 11.5 Å². The molecule has 108 valence electrons. The fraction of sp³-hybridized carbons (Fsp3) is 0.438. The maximum absolute atomic E-state index is 12.1. The molecular formula is C16H21NO3. The molecule has 0 aromatic heterocycles. The molecule has 1 aromatic rings. The Hall–Kier alpha value is -1.97. The van der Waals surface area contributed by atoms with Crippen molar-refractivity contribution in [1.82, 2.24) is 0 Å². The second-order valence-corrected chi connectivity index (χ2v) is 5.74. The number of carbonyl (C=O) groups is 2. The summed E-state index contributed by atoms with van der Waals surface area (Å²) in [6.07, 6.45) is -0.0238. The number of ketones is 1. The third-order valence-electron chi connectivity index (χ3n) is 2.88. The number of hydrogen-bond acceptors (Lipinski definition) is 4. The predicted octanol–water partition coefficient (Wildman–Crippen LogP) is 3.25. The summed E-state index contributed by atoms with van der Waals surface area (Å²) >= 11 is 0. The van der Waals surface area contributed by atoms with E-state index in [4.69, 9.17) is 4.74 Å². The molecule has 0 saturated heterocycles. The topological polar surface area (TPSA) is 55.7 Å². The summed E-state index contributed by atoms with van der Waals surface area (Å²) in [4.78, 5) is 28.0. The third kappa shape index (κ3) is 4.61. The van der Waals surface area contributed by atoms with Crippen LogP contribution in [0, 0.1) is 12.3 Å². The lowest BCUT2D eigenvalue weighted by Crippen LogP contribution is -2.27. The van der Waals surface area contributed by atoms with E-state index in [0.29, 0.717) is 5.69 Å². The van der Waals surface area contributed by atoms with E-state index in [2.05, 4.69) is 4.99 Å². The summed E-state index contributed by atoms with van der Waals surface area (Å²) in [7, 11) is 1.29. The van der Waals surface area contributed by atoms with Gasteiger partial charge in [-0.15, -0.1) is 0 Å². The van der Waals surface area contributed by atoms with Crippen LogP contribution in [-0.2, 0) is 14.3 Å². The lowest BCUT2D eigenvalue weighted by molar-refractivity contribution is -0.134. The van der Waals surface area contributed by atoms with E-state index in [0.717, 1.165) is 5.56 Å². The largest absolute Gasteiger partial charge is 0.465 e. The van der Waals surface area contributed by atoms with Crippen LogP contribution in [0.25, 0.3) is 0 Å². The van der Waals surface area contributed by atoms with Gasteiger partial charge >= 0.3 is 5.97 Å². The van der Waals surface area contributed by atoms with Crippen molar-refractivity contribution in [3.8, 4) is 0 Å². The number of Topliss-reactive ketones (excluding diaryl/α,β-unsaturated/α-hetero) is 1. The number of carbonyl (C=O) groups excluding carboxylic acids is 2. The van der Waals surface area contributed by atoms with Crippen molar-refractivity contribution in [1.29, 1.82) is 0 Å². The summed E-state index contributed by atoms with van der Waals surface area (Å²) in [6, 6.07) is 7.41. The zero-order chi connectivity index (χ0) is 15.3. The zero-order valence-electron chi connectivity index (χ0n) is 12.7. The van der Waals surface area contributed by atoms with Crippen molar-refractivity contribution >= 4 is 23.2 Å². The molecule has 0 aliphatic carbocycles. The van der Waals surface area contributed by atoms with E-state index in [1.54, 1.807) is 12.1 Å². The smallest absolute Gasteiger partial charge is 0.352 e. The van der Waals surface area contributed by atoms with Crippen LogP contribution in [0.3, 0.4) is 0 Å². The minimum Gasteiger partial charge on any atom is -0.465 e. The Balaban J connectivity index is 3.04. The molecule has 0 radical (unpaired) electrons. The fourth-order valence-corrected chi connectivity index (χ4v) is 1.47. The van der Waals surface area contributed by atoms with E-state index in [-0.39, 0.29) is 17.9 Å². The van der Waals surface area contributed by atoms with Crippen molar-refractivity contribution < 1.29 is 14.3 Å². The fourth-order valence-electron chi connectivity index (χ4n) is 1.47. The Morgan fingerprint density at radius 3 is 2.15 bits per heavy atom. The first kappa shape index (κ1) is 16.1. The van der Waals surface area contributed by atoms with Crippen molar-refractivity contribution in [2.45, 2.75) is 34.1 Å². The molecule has 0 N–H and O–H groups in total. The van der Waals surface area contributed by atoms with Crippen LogP contribution in [0.5, 0.6) is 0 Å². The van der Waals surface area contributed by atoms with E-state index in [9.17, 15) is 9.59 Å². The van der Waals surface area contributed by atoms with Gasteiger partial charge in [0.2, 0.25) is 0 Å². The highest BCUT2D eigenvalue weighted by molar-refractivity contribution is 6.40. The highest BCUT2D eigenvalue weighted by Crippen LogP contribution is 2.19. The van der Waals surface area contributed by atoms with E-state index < -0.39 is 11.4 Å². The van der Waals surface area contributed by atoms with Crippen molar-refractivity contribution in [3.05, 3.63) is 29.8 Å². The molecular weight excluding hydrogens is 254 g/mol. The number of aryl methyl sites for hydroxylation is 1. The molecule has 0 saturated carbocycles. The lowest BCUT2D eigenvalue weighted by Gasteiger charge is -2.16. The number of rotatable bonds is 4. The first-order valence-corrected chi connectivity index (χ1v) is 6.50. The second kappa shape index (κ2) is 6.46. The summed E-state index contributed by atoms with van der Waals surface area (Å²) < 4.78 is 4.70. The first-order valence-electron chi connectivity index (χ1n) is 6.50. The van der Waals surface area contributed by atoms with Gasteiger partial charge in [-0.2, -0.15) is 0 Å². The molecule has 1 aromatic carbocycles. The van der Waals surface area contributed by atoms with Crippen LogP contribution >= 0.6 is 0 Å². The van der Waals surface area contributed by atoms with Crippen molar-refractivity contribution in [3.63, 3.8) is 0 Å². The van der Waals surface area contributed by atoms with Crippen LogP contribution in [0.4, 0.5) is 5.69 Å². The average Bonchev–Trinajstić information content (AvgIpc) is 2.38. The van der Waals surface area contributed by atoms with Crippen molar-refractivity contribution in [2.24, 2.45) is 10.4 Å². The molecule has 1 rings (SSSR count). The number of ether oxygens (including phenoxy) is 1.